The average molecular weight is 427 g/mol. The number of anilines is 1. The summed E-state index contributed by atoms with van der Waals surface area (Å²) in [5.41, 5.74) is 5.28. The molecule has 0 spiro atoms. The van der Waals surface area contributed by atoms with E-state index in [1.54, 1.807) is 13.2 Å². The lowest BCUT2D eigenvalue weighted by Gasteiger charge is -2.26. The Labute approximate surface area is 190 Å². The molecule has 0 bridgehead atoms. The van der Waals surface area contributed by atoms with Crippen LogP contribution in [0.1, 0.15) is 30.4 Å². The van der Waals surface area contributed by atoms with Crippen LogP contribution in [-0.4, -0.2) is 31.0 Å². The Hall–Kier alpha value is -3.37. The van der Waals surface area contributed by atoms with E-state index >= 15 is 0 Å². The number of carbonyl (C=O) groups excluding carboxylic acids is 1. The Morgan fingerprint density at radius 3 is 2.41 bits per heavy atom. The Morgan fingerprint density at radius 1 is 0.938 bits per heavy atom. The highest BCUT2D eigenvalue weighted by Gasteiger charge is 2.10. The van der Waals surface area contributed by atoms with Gasteiger partial charge in [0.1, 0.15) is 5.75 Å². The Morgan fingerprint density at radius 2 is 1.69 bits per heavy atom. The first kappa shape index (κ1) is 21.8. The third kappa shape index (κ3) is 6.08. The van der Waals surface area contributed by atoms with Crippen molar-refractivity contribution in [2.45, 2.75) is 25.8 Å². The molecule has 0 saturated carbocycles. The summed E-state index contributed by atoms with van der Waals surface area (Å²) in [5.74, 6) is 0.699. The molecule has 0 atom stereocenters. The minimum Gasteiger partial charge on any atom is -0.497 e. The number of likely N-dealkylation sites (tertiary alicyclic amines) is 1. The van der Waals surface area contributed by atoms with Crippen molar-refractivity contribution in [1.29, 1.82) is 0 Å². The Kier molecular flexibility index (Phi) is 7.36. The molecule has 32 heavy (non-hydrogen) atoms. The number of piperidine rings is 1. The van der Waals surface area contributed by atoms with Crippen LogP contribution in [0.5, 0.6) is 5.75 Å². The molecule has 4 heteroatoms. The Bertz CT molecular complexity index is 1050. The third-order valence-electron chi connectivity index (χ3n) is 5.81. The molecular weight excluding hydrogens is 396 g/mol. The van der Waals surface area contributed by atoms with Gasteiger partial charge in [0.2, 0.25) is 5.91 Å². The van der Waals surface area contributed by atoms with E-state index in [0.717, 1.165) is 34.7 Å². The third-order valence-corrected chi connectivity index (χ3v) is 5.81. The number of carbonyl (C=O) groups is 1. The quantitative estimate of drug-likeness (QED) is 0.471. The number of amides is 1. The molecule has 0 aliphatic carbocycles. The summed E-state index contributed by atoms with van der Waals surface area (Å²) in [6, 6.07) is 24.2. The van der Waals surface area contributed by atoms with Gasteiger partial charge < -0.3 is 10.1 Å². The van der Waals surface area contributed by atoms with E-state index in [1.807, 2.05) is 54.6 Å². The van der Waals surface area contributed by atoms with Gasteiger partial charge in [-0.2, -0.15) is 0 Å². The molecule has 0 aromatic heterocycles. The standard InChI is InChI=1S/C28H30N2O2/c1-32-27-15-11-24(12-16-27)25-7-5-6-22(20-25)10-17-28(31)29-26-13-8-23(9-14-26)21-30-18-3-2-4-19-30/h5-17,20H,2-4,18-19,21H2,1H3,(H,29,31). The van der Waals surface area contributed by atoms with Gasteiger partial charge in [0.05, 0.1) is 7.11 Å². The number of ether oxygens (including phenoxy) is 1. The lowest BCUT2D eigenvalue weighted by atomic mass is 10.0. The van der Waals surface area contributed by atoms with E-state index < -0.39 is 0 Å². The molecule has 3 aromatic rings. The van der Waals surface area contributed by atoms with Crippen LogP contribution in [0.25, 0.3) is 17.2 Å². The summed E-state index contributed by atoms with van der Waals surface area (Å²) in [6.07, 6.45) is 7.36. The van der Waals surface area contributed by atoms with Gasteiger partial charge in [-0.05, 0) is 84.6 Å². The maximum atomic E-state index is 12.4. The van der Waals surface area contributed by atoms with Gasteiger partial charge in [-0.25, -0.2) is 0 Å². The molecule has 4 nitrogen and oxygen atoms in total. The summed E-state index contributed by atoms with van der Waals surface area (Å²) in [5, 5.41) is 2.95. The summed E-state index contributed by atoms with van der Waals surface area (Å²) < 4.78 is 5.23. The maximum Gasteiger partial charge on any atom is 0.248 e. The Balaban J connectivity index is 1.34. The van der Waals surface area contributed by atoms with E-state index in [9.17, 15) is 4.79 Å². The number of benzene rings is 3. The average Bonchev–Trinajstić information content (AvgIpc) is 2.85. The fraction of sp³-hybridized carbons (Fsp3) is 0.250. The number of nitrogens with zero attached hydrogens (tertiary/aromatic N) is 1. The van der Waals surface area contributed by atoms with Gasteiger partial charge in [0.15, 0.2) is 0 Å². The minimum atomic E-state index is -0.136. The van der Waals surface area contributed by atoms with Crippen molar-refractivity contribution in [2.75, 3.05) is 25.5 Å². The van der Waals surface area contributed by atoms with Gasteiger partial charge in [-0.15, -0.1) is 0 Å². The second kappa shape index (κ2) is 10.8. The first-order valence-electron chi connectivity index (χ1n) is 11.2. The molecule has 3 aromatic carbocycles. The van der Waals surface area contributed by atoms with Crippen molar-refractivity contribution < 1.29 is 9.53 Å². The monoisotopic (exact) mass is 426 g/mol. The number of methoxy groups -OCH3 is 1. The molecular formula is C28H30N2O2. The van der Waals surface area contributed by atoms with Gasteiger partial charge in [-0.1, -0.05) is 48.9 Å². The van der Waals surface area contributed by atoms with E-state index in [1.165, 1.54) is 37.9 Å². The number of nitrogens with one attached hydrogen (secondary N) is 1. The largest absolute Gasteiger partial charge is 0.497 e. The van der Waals surface area contributed by atoms with Crippen molar-refractivity contribution in [3.63, 3.8) is 0 Å². The first-order valence-corrected chi connectivity index (χ1v) is 11.2. The zero-order valence-electron chi connectivity index (χ0n) is 18.6. The molecule has 1 saturated heterocycles. The van der Waals surface area contributed by atoms with Crippen molar-refractivity contribution in [2.24, 2.45) is 0 Å². The van der Waals surface area contributed by atoms with E-state index in [-0.39, 0.29) is 5.91 Å². The summed E-state index contributed by atoms with van der Waals surface area (Å²) >= 11 is 0. The highest BCUT2D eigenvalue weighted by atomic mass is 16.5. The highest BCUT2D eigenvalue weighted by molar-refractivity contribution is 6.02. The van der Waals surface area contributed by atoms with Crippen molar-refractivity contribution in [3.8, 4) is 16.9 Å². The van der Waals surface area contributed by atoms with Crippen LogP contribution in [-0.2, 0) is 11.3 Å². The molecule has 1 aliphatic rings. The molecule has 1 amide bonds. The number of hydrogen-bond donors (Lipinski definition) is 1. The van der Waals surface area contributed by atoms with Crippen LogP contribution >= 0.6 is 0 Å². The summed E-state index contributed by atoms with van der Waals surface area (Å²) in [4.78, 5) is 14.9. The number of hydrogen-bond acceptors (Lipinski definition) is 3. The predicted octanol–water partition coefficient (Wildman–Crippen LogP) is 6.00. The zero-order chi connectivity index (χ0) is 22.2. The van der Waals surface area contributed by atoms with E-state index in [0.29, 0.717) is 0 Å². The van der Waals surface area contributed by atoms with Crippen LogP contribution in [0.2, 0.25) is 0 Å². The van der Waals surface area contributed by atoms with E-state index in [4.69, 9.17) is 4.74 Å². The maximum absolute atomic E-state index is 12.4. The second-order valence-corrected chi connectivity index (χ2v) is 8.21. The van der Waals surface area contributed by atoms with Gasteiger partial charge in [0, 0.05) is 18.3 Å². The fourth-order valence-electron chi connectivity index (χ4n) is 4.03. The fourth-order valence-corrected chi connectivity index (χ4v) is 4.03. The normalized spacial score (nSPS) is 14.4. The summed E-state index contributed by atoms with van der Waals surface area (Å²) in [7, 11) is 1.66. The van der Waals surface area contributed by atoms with Gasteiger partial charge in [-0.3, -0.25) is 9.69 Å². The van der Waals surface area contributed by atoms with Crippen LogP contribution in [0.15, 0.2) is 78.9 Å². The molecule has 1 aliphatic heterocycles. The van der Waals surface area contributed by atoms with Crippen molar-refractivity contribution >= 4 is 17.7 Å². The summed E-state index contributed by atoms with van der Waals surface area (Å²) in [6.45, 7) is 3.35. The zero-order valence-corrected chi connectivity index (χ0v) is 18.6. The second-order valence-electron chi connectivity index (χ2n) is 8.21. The van der Waals surface area contributed by atoms with Crippen LogP contribution < -0.4 is 10.1 Å². The molecule has 0 radical (unpaired) electrons. The molecule has 1 N–H and O–H groups in total. The SMILES string of the molecule is COc1ccc(-c2cccc(C=CC(=O)Nc3ccc(CN4CCCCC4)cc3)c2)cc1. The van der Waals surface area contributed by atoms with Gasteiger partial charge >= 0.3 is 0 Å². The van der Waals surface area contributed by atoms with Crippen LogP contribution in [0, 0.1) is 0 Å². The topological polar surface area (TPSA) is 41.6 Å². The predicted molar refractivity (Wildman–Crippen MR) is 132 cm³/mol. The molecule has 4 rings (SSSR count). The molecule has 0 unspecified atom stereocenters. The smallest absolute Gasteiger partial charge is 0.248 e. The van der Waals surface area contributed by atoms with E-state index in [2.05, 4.69) is 34.5 Å². The minimum absolute atomic E-state index is 0.136. The lowest BCUT2D eigenvalue weighted by Crippen LogP contribution is -2.29. The highest BCUT2D eigenvalue weighted by Crippen LogP contribution is 2.23. The van der Waals surface area contributed by atoms with Crippen molar-refractivity contribution in [3.05, 3.63) is 90.0 Å². The first-order chi connectivity index (χ1) is 15.7. The number of rotatable bonds is 7. The van der Waals surface area contributed by atoms with Crippen LogP contribution in [0.4, 0.5) is 5.69 Å². The van der Waals surface area contributed by atoms with Crippen molar-refractivity contribution in [1.82, 2.24) is 4.90 Å². The lowest BCUT2D eigenvalue weighted by molar-refractivity contribution is -0.111. The molecule has 164 valence electrons. The molecule has 1 heterocycles. The van der Waals surface area contributed by atoms with Crippen LogP contribution in [0.3, 0.4) is 0 Å². The van der Waals surface area contributed by atoms with Gasteiger partial charge in [0.25, 0.3) is 0 Å². The molecule has 1 fully saturated rings.